The molecule has 2 unspecified atom stereocenters. The lowest BCUT2D eigenvalue weighted by atomic mass is 10.2. The Morgan fingerprint density at radius 2 is 1.90 bits per heavy atom. The minimum Gasteiger partial charge on any atom is -0.480 e. The molecule has 8 heteroatoms. The standard InChI is InChI=1S/C22H20FN3O4/c1-14-10-20(30-18-6-7-19(23)15(11-18)12-24)22(28)26(14)17-4-2-16(3-5-17)25-8-9-29-13-21(25)27/h2-7,11,14,20H,8-10,13H2,1H3. The van der Waals surface area contributed by atoms with E-state index in [9.17, 15) is 14.0 Å². The Bertz CT molecular complexity index is 1020. The summed E-state index contributed by atoms with van der Waals surface area (Å²) in [6, 6.07) is 12.8. The summed E-state index contributed by atoms with van der Waals surface area (Å²) in [5, 5.41) is 8.97. The molecule has 2 saturated heterocycles. The molecule has 2 aliphatic rings. The van der Waals surface area contributed by atoms with Gasteiger partial charge < -0.3 is 19.3 Å². The molecular formula is C22H20FN3O4. The van der Waals surface area contributed by atoms with E-state index in [1.54, 1.807) is 28.0 Å². The quantitative estimate of drug-likeness (QED) is 0.775. The van der Waals surface area contributed by atoms with Crippen LogP contribution < -0.4 is 14.5 Å². The normalized spacial score (nSPS) is 21.6. The minimum atomic E-state index is -0.725. The number of nitriles is 1. The van der Waals surface area contributed by atoms with Crippen molar-refractivity contribution in [3.63, 3.8) is 0 Å². The molecule has 2 atom stereocenters. The monoisotopic (exact) mass is 409 g/mol. The zero-order chi connectivity index (χ0) is 21.3. The topological polar surface area (TPSA) is 82.9 Å². The van der Waals surface area contributed by atoms with Gasteiger partial charge in [0.15, 0.2) is 6.10 Å². The van der Waals surface area contributed by atoms with Crippen LogP contribution >= 0.6 is 0 Å². The molecule has 0 radical (unpaired) electrons. The third-order valence-corrected chi connectivity index (χ3v) is 5.27. The average molecular weight is 409 g/mol. The molecule has 2 fully saturated rings. The van der Waals surface area contributed by atoms with Gasteiger partial charge in [-0.15, -0.1) is 0 Å². The summed E-state index contributed by atoms with van der Waals surface area (Å²) in [5.41, 5.74) is 1.34. The van der Waals surface area contributed by atoms with Gasteiger partial charge >= 0.3 is 0 Å². The molecule has 0 aromatic heterocycles. The molecule has 30 heavy (non-hydrogen) atoms. The van der Waals surface area contributed by atoms with E-state index in [-0.39, 0.29) is 35.8 Å². The first-order valence-corrected chi connectivity index (χ1v) is 9.65. The maximum Gasteiger partial charge on any atom is 0.268 e. The average Bonchev–Trinajstić information content (AvgIpc) is 3.03. The lowest BCUT2D eigenvalue weighted by molar-refractivity contribution is -0.125. The smallest absolute Gasteiger partial charge is 0.268 e. The number of morpholine rings is 1. The molecule has 4 rings (SSSR count). The Labute approximate surface area is 173 Å². The second-order valence-electron chi connectivity index (χ2n) is 7.27. The molecule has 0 saturated carbocycles. The summed E-state index contributed by atoms with van der Waals surface area (Å²) in [6.45, 7) is 2.98. The van der Waals surface area contributed by atoms with Gasteiger partial charge in [0.2, 0.25) is 0 Å². The van der Waals surface area contributed by atoms with Gasteiger partial charge in [-0.1, -0.05) is 0 Å². The van der Waals surface area contributed by atoms with Crippen molar-refractivity contribution in [1.29, 1.82) is 5.26 Å². The summed E-state index contributed by atoms with van der Waals surface area (Å²) in [5.74, 6) is -0.650. The van der Waals surface area contributed by atoms with Crippen LogP contribution in [0.4, 0.5) is 15.8 Å². The zero-order valence-corrected chi connectivity index (χ0v) is 16.4. The minimum absolute atomic E-state index is 0.0688. The maximum atomic E-state index is 13.5. The van der Waals surface area contributed by atoms with E-state index in [0.717, 1.165) is 11.8 Å². The van der Waals surface area contributed by atoms with E-state index in [1.165, 1.54) is 12.1 Å². The SMILES string of the molecule is CC1CC(Oc2ccc(F)c(C#N)c2)C(=O)N1c1ccc(N2CCOCC2=O)cc1. The van der Waals surface area contributed by atoms with Crippen molar-refractivity contribution in [2.24, 2.45) is 0 Å². The Hall–Kier alpha value is -3.44. The Kier molecular flexibility index (Phi) is 5.38. The van der Waals surface area contributed by atoms with Crippen LogP contribution in [-0.2, 0) is 14.3 Å². The van der Waals surface area contributed by atoms with Gasteiger partial charge in [0.05, 0.1) is 12.2 Å². The molecule has 2 heterocycles. The van der Waals surface area contributed by atoms with Crippen LogP contribution in [0, 0.1) is 17.1 Å². The van der Waals surface area contributed by atoms with Gasteiger partial charge in [0.1, 0.15) is 24.2 Å². The van der Waals surface area contributed by atoms with Gasteiger partial charge in [-0.25, -0.2) is 4.39 Å². The summed E-state index contributed by atoms with van der Waals surface area (Å²) in [4.78, 5) is 28.3. The fraction of sp³-hybridized carbons (Fsp3) is 0.318. The molecule has 0 spiro atoms. The molecule has 2 aliphatic heterocycles. The highest BCUT2D eigenvalue weighted by Gasteiger charge is 2.39. The van der Waals surface area contributed by atoms with Crippen molar-refractivity contribution in [3.05, 3.63) is 53.8 Å². The van der Waals surface area contributed by atoms with Crippen molar-refractivity contribution < 1.29 is 23.5 Å². The molecule has 2 aromatic rings. The highest BCUT2D eigenvalue weighted by molar-refractivity contribution is 6.00. The molecule has 0 N–H and O–H groups in total. The fourth-order valence-electron chi connectivity index (χ4n) is 3.78. The van der Waals surface area contributed by atoms with E-state index in [2.05, 4.69) is 0 Å². The van der Waals surface area contributed by atoms with Crippen molar-refractivity contribution >= 4 is 23.2 Å². The van der Waals surface area contributed by atoms with E-state index in [4.69, 9.17) is 14.7 Å². The number of nitrogens with zero attached hydrogens (tertiary/aromatic N) is 3. The third kappa shape index (κ3) is 3.72. The van der Waals surface area contributed by atoms with Crippen molar-refractivity contribution in [2.45, 2.75) is 25.5 Å². The Morgan fingerprint density at radius 3 is 2.60 bits per heavy atom. The molecule has 7 nitrogen and oxygen atoms in total. The van der Waals surface area contributed by atoms with Crippen LogP contribution in [0.2, 0.25) is 0 Å². The summed E-state index contributed by atoms with van der Waals surface area (Å²) < 4.78 is 24.4. The van der Waals surface area contributed by atoms with Gasteiger partial charge in [-0.2, -0.15) is 5.26 Å². The first-order chi connectivity index (χ1) is 14.5. The first kappa shape index (κ1) is 19.9. The number of benzene rings is 2. The fourth-order valence-corrected chi connectivity index (χ4v) is 3.78. The van der Waals surface area contributed by atoms with Crippen LogP contribution in [0.3, 0.4) is 0 Å². The molecular weight excluding hydrogens is 389 g/mol. The van der Waals surface area contributed by atoms with Crippen LogP contribution in [0.5, 0.6) is 5.75 Å². The number of halogens is 1. The van der Waals surface area contributed by atoms with Gasteiger partial charge in [-0.3, -0.25) is 9.59 Å². The number of hydrogen-bond donors (Lipinski definition) is 0. The van der Waals surface area contributed by atoms with Crippen LogP contribution in [0.1, 0.15) is 18.9 Å². The lowest BCUT2D eigenvalue weighted by Gasteiger charge is -2.28. The van der Waals surface area contributed by atoms with Gasteiger partial charge in [0.25, 0.3) is 11.8 Å². The second-order valence-corrected chi connectivity index (χ2v) is 7.27. The molecule has 0 aliphatic carbocycles. The second kappa shape index (κ2) is 8.13. The maximum absolute atomic E-state index is 13.5. The van der Waals surface area contributed by atoms with E-state index < -0.39 is 11.9 Å². The van der Waals surface area contributed by atoms with E-state index >= 15 is 0 Å². The number of ether oxygens (including phenoxy) is 2. The molecule has 0 bridgehead atoms. The molecule has 2 aromatic carbocycles. The summed E-state index contributed by atoms with van der Waals surface area (Å²) in [7, 11) is 0. The number of rotatable bonds is 4. The number of anilines is 2. The van der Waals surface area contributed by atoms with Crippen molar-refractivity contribution in [3.8, 4) is 11.8 Å². The first-order valence-electron chi connectivity index (χ1n) is 9.65. The predicted molar refractivity (Wildman–Crippen MR) is 107 cm³/mol. The molecule has 154 valence electrons. The predicted octanol–water partition coefficient (Wildman–Crippen LogP) is 2.63. The van der Waals surface area contributed by atoms with Crippen molar-refractivity contribution in [2.75, 3.05) is 29.6 Å². The van der Waals surface area contributed by atoms with Crippen LogP contribution in [0.15, 0.2) is 42.5 Å². The van der Waals surface area contributed by atoms with Crippen LogP contribution in [-0.4, -0.2) is 43.7 Å². The third-order valence-electron chi connectivity index (χ3n) is 5.27. The van der Waals surface area contributed by atoms with E-state index in [1.807, 2.05) is 19.1 Å². The number of hydrogen-bond acceptors (Lipinski definition) is 5. The number of amides is 2. The highest BCUT2D eigenvalue weighted by Crippen LogP contribution is 2.31. The lowest BCUT2D eigenvalue weighted by Crippen LogP contribution is -2.41. The van der Waals surface area contributed by atoms with E-state index in [0.29, 0.717) is 25.3 Å². The Morgan fingerprint density at radius 1 is 1.17 bits per heavy atom. The summed E-state index contributed by atoms with van der Waals surface area (Å²) in [6.07, 6.45) is -0.264. The number of carbonyl (C=O) groups is 2. The Balaban J connectivity index is 1.49. The highest BCUT2D eigenvalue weighted by atomic mass is 19.1. The molecule has 2 amide bonds. The largest absolute Gasteiger partial charge is 0.480 e. The van der Waals surface area contributed by atoms with Crippen LogP contribution in [0.25, 0.3) is 0 Å². The van der Waals surface area contributed by atoms with Gasteiger partial charge in [0, 0.05) is 36.4 Å². The van der Waals surface area contributed by atoms with Crippen molar-refractivity contribution in [1.82, 2.24) is 0 Å². The van der Waals surface area contributed by atoms with Gasteiger partial charge in [-0.05, 0) is 43.3 Å². The zero-order valence-electron chi connectivity index (χ0n) is 16.4. The number of carbonyl (C=O) groups excluding carboxylic acids is 2. The summed E-state index contributed by atoms with van der Waals surface area (Å²) >= 11 is 0.